The van der Waals surface area contributed by atoms with Crippen LogP contribution in [0, 0.1) is 34.6 Å². The molecule has 4 aromatic carbocycles. The summed E-state index contributed by atoms with van der Waals surface area (Å²) >= 11 is 18.6. The highest BCUT2D eigenvalue weighted by Crippen LogP contribution is 2.51. The fourth-order valence-electron chi connectivity index (χ4n) is 8.42. The maximum absolute atomic E-state index is 16.1. The largest absolute Gasteiger partial charge is 0.465 e. The minimum atomic E-state index is -5.59. The molecule has 4 aromatic heterocycles. The average Bonchev–Trinajstić information content (AvgIpc) is 3.93. The number of nitrogens with zero attached hydrogens (tertiary/aromatic N) is 7. The van der Waals surface area contributed by atoms with Gasteiger partial charge in [-0.3, -0.25) is 4.79 Å². The van der Waals surface area contributed by atoms with E-state index in [1.807, 2.05) is 0 Å². The van der Waals surface area contributed by atoms with Crippen LogP contribution in [0.25, 0.3) is 33.9 Å². The molecule has 9 rings (SSSR count). The molecule has 2 atom stereocenters. The first-order valence-corrected chi connectivity index (χ1v) is 24.5. The van der Waals surface area contributed by atoms with Gasteiger partial charge >= 0.3 is 18.3 Å². The van der Waals surface area contributed by atoms with Crippen molar-refractivity contribution in [3.63, 3.8) is 0 Å². The van der Waals surface area contributed by atoms with E-state index in [0.29, 0.717) is 71.5 Å². The first kappa shape index (κ1) is 57.2. The van der Waals surface area contributed by atoms with Gasteiger partial charge in [0.05, 0.1) is 67.1 Å². The molecule has 0 radical (unpaired) electrons. The van der Waals surface area contributed by atoms with Gasteiger partial charge in [0.15, 0.2) is 0 Å². The van der Waals surface area contributed by atoms with Crippen molar-refractivity contribution in [3.8, 4) is 40.0 Å². The van der Waals surface area contributed by atoms with Crippen molar-refractivity contribution < 1.29 is 67.0 Å². The molecule has 8 aromatic rings. The van der Waals surface area contributed by atoms with Crippen LogP contribution in [0.1, 0.15) is 56.1 Å². The summed E-state index contributed by atoms with van der Waals surface area (Å²) in [4.78, 5) is 24.7. The summed E-state index contributed by atoms with van der Waals surface area (Å²) in [7, 11) is 3.50. The second kappa shape index (κ2) is 21.0. The van der Waals surface area contributed by atoms with Gasteiger partial charge in [-0.15, -0.1) is 0 Å². The lowest BCUT2D eigenvalue weighted by molar-refractivity contribution is -0.221. The molecule has 1 fully saturated rings. The van der Waals surface area contributed by atoms with Crippen LogP contribution in [-0.4, -0.2) is 65.6 Å². The van der Waals surface area contributed by atoms with Crippen LogP contribution in [0.3, 0.4) is 0 Å². The number of benzene rings is 4. The zero-order valence-corrected chi connectivity index (χ0v) is 44.4. The van der Waals surface area contributed by atoms with Gasteiger partial charge in [-0.2, -0.15) is 41.8 Å². The van der Waals surface area contributed by atoms with E-state index in [4.69, 9.17) is 27.9 Å². The number of carbonyl (C=O) groups excluding carboxylic acids is 2. The Bertz CT molecular complexity index is 3690. The van der Waals surface area contributed by atoms with Gasteiger partial charge in [0.2, 0.25) is 0 Å². The zero-order valence-electron chi connectivity index (χ0n) is 39.7. The van der Waals surface area contributed by atoms with E-state index < -0.39 is 86.9 Å². The molecule has 4 heterocycles. The summed E-state index contributed by atoms with van der Waals surface area (Å²) in [5.41, 5.74) is -11.8. The highest BCUT2D eigenvalue weighted by Gasteiger charge is 2.62. The minimum Gasteiger partial charge on any atom is -0.465 e. The van der Waals surface area contributed by atoms with Crippen molar-refractivity contribution in [2.45, 2.75) is 42.1 Å². The molecule has 1 aliphatic carbocycles. The molecule has 2 unspecified atom stereocenters. The number of amides is 1. The van der Waals surface area contributed by atoms with Crippen molar-refractivity contribution in [3.05, 3.63) is 186 Å². The number of halogens is 16. The van der Waals surface area contributed by atoms with E-state index in [1.165, 1.54) is 65.5 Å². The van der Waals surface area contributed by atoms with Gasteiger partial charge in [0.1, 0.15) is 40.4 Å². The minimum absolute atomic E-state index is 0.00782. The Labute approximate surface area is 459 Å². The normalized spacial score (nSPS) is 14.6. The molecule has 1 saturated carbocycles. The second-order valence-electron chi connectivity index (χ2n) is 17.5. The van der Waals surface area contributed by atoms with Gasteiger partial charge < -0.3 is 19.2 Å². The topological polar surface area (TPSA) is 125 Å². The fraction of sp³-hybridized carbons (Fsp3) is 0.196. The summed E-state index contributed by atoms with van der Waals surface area (Å²) in [5.74, 6) is -6.70. The Balaban J connectivity index is 0.000000207. The Morgan fingerprint density at radius 3 is 1.37 bits per heavy atom. The van der Waals surface area contributed by atoms with E-state index in [-0.39, 0.29) is 41.8 Å². The molecule has 0 saturated heterocycles. The van der Waals surface area contributed by atoms with Crippen LogP contribution in [0.5, 0.6) is 0 Å². The number of hydrogen-bond donors (Lipinski definition) is 1. The molecule has 0 aliphatic heterocycles. The molecule has 27 heteroatoms. The van der Waals surface area contributed by atoms with Crippen LogP contribution in [0.2, 0.25) is 10.0 Å². The molecular formula is C51H32Br2Cl2F12N8O3. The number of alkyl halides is 8. The molecular weight excluding hydrogens is 1230 g/mol. The number of ether oxygens (including phenoxy) is 1. The molecule has 1 N–H and O–H groups in total. The Hall–Kier alpha value is -7.01. The number of rotatable bonds is 11. The SMILES string of the molecule is COC(=O)c1cc(-c2cnn(-c3c(Br)cc(C(F)(c4cc(F)cc(F)c4)C(F)(F)F)n3C)c2)ccc1Cl.Cn1c(C(F)(c2cc(F)cc(F)c2)C(F)(F)F)cc(Br)c1-n1cc(-c2ccc(Cl)c(C(=O)NC3(C#N)CC3)c2)cn1. The Kier molecular flexibility index (Phi) is 15.4. The van der Waals surface area contributed by atoms with Crippen molar-refractivity contribution >= 4 is 66.9 Å². The number of nitriles is 1. The lowest BCUT2D eigenvalue weighted by atomic mass is 9.91. The summed E-state index contributed by atoms with van der Waals surface area (Å²) in [6, 6.07) is 14.7. The maximum atomic E-state index is 16.1. The van der Waals surface area contributed by atoms with Crippen molar-refractivity contribution in [2.75, 3.05) is 7.11 Å². The lowest BCUT2D eigenvalue weighted by Crippen LogP contribution is -2.41. The highest BCUT2D eigenvalue weighted by molar-refractivity contribution is 9.11. The third kappa shape index (κ3) is 10.5. The monoisotopic (exact) mass is 1260 g/mol. The molecule has 1 amide bonds. The van der Waals surface area contributed by atoms with Gasteiger partial charge in [-0.05, 0) is 116 Å². The van der Waals surface area contributed by atoms with Crippen LogP contribution in [-0.2, 0) is 30.2 Å². The number of hydrogen-bond acceptors (Lipinski definition) is 6. The first-order chi connectivity index (χ1) is 36.5. The van der Waals surface area contributed by atoms with E-state index in [1.54, 1.807) is 12.1 Å². The Morgan fingerprint density at radius 1 is 0.628 bits per heavy atom. The second-order valence-corrected chi connectivity index (χ2v) is 20.0. The molecule has 0 spiro atoms. The van der Waals surface area contributed by atoms with Crippen LogP contribution >= 0.6 is 55.1 Å². The van der Waals surface area contributed by atoms with Gasteiger partial charge in [0.25, 0.3) is 17.2 Å². The molecule has 78 heavy (non-hydrogen) atoms. The quantitative estimate of drug-likeness (QED) is 0.102. The first-order valence-electron chi connectivity index (χ1n) is 22.1. The van der Waals surface area contributed by atoms with Gasteiger partial charge in [-0.25, -0.2) is 40.5 Å². The Morgan fingerprint density at radius 2 is 1.01 bits per heavy atom. The van der Waals surface area contributed by atoms with Crippen LogP contribution in [0.15, 0.2) is 119 Å². The number of carbonyl (C=O) groups is 2. The number of esters is 1. The predicted molar refractivity (Wildman–Crippen MR) is 266 cm³/mol. The lowest BCUT2D eigenvalue weighted by Gasteiger charge is -2.29. The maximum Gasteiger partial charge on any atom is 0.432 e. The summed E-state index contributed by atoms with van der Waals surface area (Å²) in [6.45, 7) is 0. The average molecular weight is 1260 g/mol. The van der Waals surface area contributed by atoms with Crippen LogP contribution in [0.4, 0.5) is 52.7 Å². The smallest absolute Gasteiger partial charge is 0.432 e. The van der Waals surface area contributed by atoms with Crippen molar-refractivity contribution in [1.29, 1.82) is 5.26 Å². The standard InChI is InChI=1S/C27H17BrClF6N5O.C24H15BrClF6N3O2/c1-39-22(26(32,27(33,34)35)16-7-17(30)9-18(31)8-16)10-20(28)24(39)40-12-15(11-37-40)14-2-3-21(29)19(6-14)23(41)38-25(13-36)4-5-25;1-34-20(23(29,24(30,31)32)14-6-15(27)8-16(28)7-14)9-18(25)21(34)35-11-13(10-33-35)12-3-4-19(26)17(5-12)22(36)37-2/h2-3,6-12H,4-5H2,1H3,(H,38,41);3-11H,1-2H3. The molecule has 406 valence electrons. The zero-order chi connectivity index (χ0) is 57.2. The highest BCUT2D eigenvalue weighted by atomic mass is 79.9. The fourth-order valence-corrected chi connectivity index (χ4v) is 10.1. The van der Waals surface area contributed by atoms with E-state index in [2.05, 4.69) is 53.4 Å². The molecule has 1 aliphatic rings. The van der Waals surface area contributed by atoms with E-state index >= 15 is 8.78 Å². The van der Waals surface area contributed by atoms with Crippen molar-refractivity contribution in [1.82, 2.24) is 34.0 Å². The van der Waals surface area contributed by atoms with Gasteiger partial charge in [-0.1, -0.05) is 35.3 Å². The van der Waals surface area contributed by atoms with Gasteiger partial charge in [0, 0.05) is 60.9 Å². The third-order valence-corrected chi connectivity index (χ3v) is 14.3. The summed E-state index contributed by atoms with van der Waals surface area (Å²) in [5, 5.41) is 20.6. The van der Waals surface area contributed by atoms with E-state index in [0.717, 1.165) is 35.4 Å². The molecule has 11 nitrogen and oxygen atoms in total. The summed E-state index contributed by atoms with van der Waals surface area (Å²) < 4.78 is 181. The summed E-state index contributed by atoms with van der Waals surface area (Å²) in [6.07, 6.45) is -4.50. The van der Waals surface area contributed by atoms with Crippen molar-refractivity contribution in [2.24, 2.45) is 14.1 Å². The molecule has 0 bridgehead atoms. The predicted octanol–water partition coefficient (Wildman–Crippen LogP) is 14.3. The number of aromatic nitrogens is 6. The van der Waals surface area contributed by atoms with E-state index in [9.17, 15) is 58.8 Å². The van der Waals surface area contributed by atoms with Crippen LogP contribution < -0.4 is 5.32 Å². The number of nitrogens with one attached hydrogen (secondary N) is 1. The third-order valence-electron chi connectivity index (χ3n) is 12.5. The number of methoxy groups -OCH3 is 1.